The molecule has 0 atom stereocenters. The van der Waals surface area contributed by atoms with Crippen LogP contribution in [0.3, 0.4) is 0 Å². The van der Waals surface area contributed by atoms with Crippen LogP contribution in [0.15, 0.2) is 36.7 Å². The molecule has 1 aliphatic heterocycles. The summed E-state index contributed by atoms with van der Waals surface area (Å²) >= 11 is 5.93. The van der Waals surface area contributed by atoms with Crippen molar-refractivity contribution < 1.29 is 14.4 Å². The van der Waals surface area contributed by atoms with E-state index in [-0.39, 0.29) is 11.8 Å². The van der Waals surface area contributed by atoms with Gasteiger partial charge in [0, 0.05) is 49.3 Å². The fourth-order valence-electron chi connectivity index (χ4n) is 2.86. The van der Waals surface area contributed by atoms with Crippen molar-refractivity contribution >= 4 is 35.5 Å². The molecule has 3 amide bonds. The number of nitrogens with one attached hydrogen (secondary N) is 1. The number of halogens is 1. The highest BCUT2D eigenvalue weighted by Crippen LogP contribution is 2.20. The monoisotopic (exact) mass is 386 g/mol. The third kappa shape index (κ3) is 4.43. The lowest BCUT2D eigenvalue weighted by molar-refractivity contribution is -0.119. The highest BCUT2D eigenvalue weighted by atomic mass is 35.5. The van der Waals surface area contributed by atoms with E-state index in [0.29, 0.717) is 48.0 Å². The Kier molecular flexibility index (Phi) is 5.71. The molecule has 1 fully saturated rings. The number of nitrogens with zero attached hydrogens (tertiary/aromatic N) is 3. The highest BCUT2D eigenvalue weighted by molar-refractivity contribution is 6.30. The summed E-state index contributed by atoms with van der Waals surface area (Å²) in [7, 11) is 0. The Morgan fingerprint density at radius 1 is 1.11 bits per heavy atom. The fourth-order valence-corrected chi connectivity index (χ4v) is 3.08. The number of carbonyl (C=O) groups is 3. The van der Waals surface area contributed by atoms with Crippen molar-refractivity contribution in [2.24, 2.45) is 0 Å². The smallest absolute Gasteiger partial charge is 0.257 e. The quantitative estimate of drug-likeness (QED) is 0.817. The minimum Gasteiger partial charge on any atom is -0.342 e. The van der Waals surface area contributed by atoms with Crippen LogP contribution >= 0.6 is 11.6 Å². The molecule has 140 valence electrons. The van der Waals surface area contributed by atoms with Crippen LogP contribution in [0.4, 0.5) is 5.69 Å². The summed E-state index contributed by atoms with van der Waals surface area (Å²) in [6.07, 6.45) is 3.65. The molecule has 1 N–H and O–H groups in total. The predicted molar refractivity (Wildman–Crippen MR) is 102 cm³/mol. The normalized spacial score (nSPS) is 14.0. The molecule has 1 aliphatic rings. The molecule has 0 spiro atoms. The number of piperazine rings is 1. The molecule has 0 unspecified atom stereocenters. The number of aryl methyl sites for hydroxylation is 1. The van der Waals surface area contributed by atoms with E-state index in [4.69, 9.17) is 11.6 Å². The fraction of sp³-hybridized carbons (Fsp3) is 0.263. The van der Waals surface area contributed by atoms with Crippen molar-refractivity contribution in [1.82, 2.24) is 14.8 Å². The van der Waals surface area contributed by atoms with Crippen molar-refractivity contribution in [3.8, 4) is 0 Å². The molecule has 1 saturated heterocycles. The van der Waals surface area contributed by atoms with Gasteiger partial charge in [-0.25, -0.2) is 0 Å². The minimum atomic E-state index is -0.353. The van der Waals surface area contributed by atoms with Gasteiger partial charge in [0.25, 0.3) is 11.8 Å². The number of benzene rings is 1. The zero-order chi connectivity index (χ0) is 19.4. The van der Waals surface area contributed by atoms with Crippen LogP contribution < -0.4 is 5.32 Å². The van der Waals surface area contributed by atoms with Gasteiger partial charge in [-0.1, -0.05) is 11.6 Å². The first-order valence-electron chi connectivity index (χ1n) is 8.49. The van der Waals surface area contributed by atoms with Gasteiger partial charge in [-0.15, -0.1) is 0 Å². The summed E-state index contributed by atoms with van der Waals surface area (Å²) in [5, 5.41) is 3.40. The first-order chi connectivity index (χ1) is 13.0. The number of pyridine rings is 1. The Hall–Kier alpha value is -2.93. The van der Waals surface area contributed by atoms with Gasteiger partial charge in [0.15, 0.2) is 0 Å². The van der Waals surface area contributed by atoms with Crippen LogP contribution in [0.25, 0.3) is 0 Å². The topological polar surface area (TPSA) is 82.6 Å². The van der Waals surface area contributed by atoms with Gasteiger partial charge in [0.05, 0.1) is 11.1 Å². The van der Waals surface area contributed by atoms with E-state index in [2.05, 4.69) is 10.3 Å². The maximum absolute atomic E-state index is 12.7. The summed E-state index contributed by atoms with van der Waals surface area (Å²) in [5.41, 5.74) is 2.12. The Morgan fingerprint density at radius 2 is 1.81 bits per heavy atom. The third-order valence-electron chi connectivity index (χ3n) is 4.43. The van der Waals surface area contributed by atoms with E-state index in [9.17, 15) is 14.4 Å². The molecule has 7 nitrogen and oxygen atoms in total. The van der Waals surface area contributed by atoms with Gasteiger partial charge < -0.3 is 15.1 Å². The van der Waals surface area contributed by atoms with Crippen molar-refractivity contribution in [2.75, 3.05) is 31.5 Å². The van der Waals surface area contributed by atoms with Gasteiger partial charge in [0.1, 0.15) is 0 Å². The van der Waals surface area contributed by atoms with E-state index in [1.807, 2.05) is 6.92 Å². The maximum atomic E-state index is 12.7. The summed E-state index contributed by atoms with van der Waals surface area (Å²) in [6, 6.07) is 6.71. The largest absolute Gasteiger partial charge is 0.342 e. The van der Waals surface area contributed by atoms with Crippen LogP contribution in [0.5, 0.6) is 0 Å². The van der Waals surface area contributed by atoms with Gasteiger partial charge in [-0.2, -0.15) is 0 Å². The first-order valence-corrected chi connectivity index (χ1v) is 8.87. The number of rotatable bonds is 4. The molecule has 8 heteroatoms. The second-order valence-corrected chi connectivity index (χ2v) is 6.75. The summed E-state index contributed by atoms with van der Waals surface area (Å²) in [6.45, 7) is 3.76. The molecule has 0 aliphatic carbocycles. The number of aromatic nitrogens is 1. The molecular weight excluding hydrogens is 368 g/mol. The Bertz CT molecular complexity index is 879. The summed E-state index contributed by atoms with van der Waals surface area (Å²) < 4.78 is 0. The average Bonchev–Trinajstić information content (AvgIpc) is 2.69. The summed E-state index contributed by atoms with van der Waals surface area (Å²) in [5.74, 6) is -0.557. The van der Waals surface area contributed by atoms with Crippen LogP contribution in [-0.2, 0) is 4.79 Å². The van der Waals surface area contributed by atoms with Gasteiger partial charge >= 0.3 is 0 Å². The molecule has 3 rings (SSSR count). The van der Waals surface area contributed by atoms with E-state index in [0.717, 1.165) is 12.0 Å². The molecule has 0 saturated carbocycles. The lowest BCUT2D eigenvalue weighted by Gasteiger charge is -2.32. The Balaban J connectivity index is 1.72. The van der Waals surface area contributed by atoms with E-state index < -0.39 is 0 Å². The molecule has 1 aromatic carbocycles. The van der Waals surface area contributed by atoms with Gasteiger partial charge in [-0.3, -0.25) is 19.4 Å². The van der Waals surface area contributed by atoms with E-state index in [1.165, 1.54) is 18.5 Å². The Morgan fingerprint density at radius 3 is 2.48 bits per heavy atom. The predicted octanol–water partition coefficient (Wildman–Crippen LogP) is 2.21. The van der Waals surface area contributed by atoms with E-state index >= 15 is 0 Å². The Labute approximate surface area is 161 Å². The molecule has 0 radical (unpaired) electrons. The number of carbonyl (C=O) groups excluding carboxylic acids is 3. The maximum Gasteiger partial charge on any atom is 0.257 e. The minimum absolute atomic E-state index is 0.203. The lowest BCUT2D eigenvalue weighted by atomic mass is 10.1. The van der Waals surface area contributed by atoms with Crippen molar-refractivity contribution in [3.05, 3.63) is 58.4 Å². The highest BCUT2D eigenvalue weighted by Gasteiger charge is 2.22. The molecule has 27 heavy (non-hydrogen) atoms. The molecule has 2 heterocycles. The van der Waals surface area contributed by atoms with Crippen molar-refractivity contribution in [2.45, 2.75) is 6.92 Å². The average molecular weight is 387 g/mol. The van der Waals surface area contributed by atoms with Crippen LogP contribution in [-0.4, -0.2) is 59.2 Å². The SMILES string of the molecule is Cc1cc(Cl)ccc1NC(=O)c1cncc(C(=O)N2CCN(C=O)CC2)c1. The zero-order valence-electron chi connectivity index (χ0n) is 14.8. The number of hydrogen-bond acceptors (Lipinski definition) is 4. The van der Waals surface area contributed by atoms with Crippen molar-refractivity contribution in [1.29, 1.82) is 0 Å². The zero-order valence-corrected chi connectivity index (χ0v) is 15.6. The van der Waals surface area contributed by atoms with Crippen LogP contribution in [0.1, 0.15) is 26.3 Å². The van der Waals surface area contributed by atoms with Crippen molar-refractivity contribution in [3.63, 3.8) is 0 Å². The second kappa shape index (κ2) is 8.18. The van der Waals surface area contributed by atoms with Gasteiger partial charge in [0.2, 0.25) is 6.41 Å². The number of hydrogen-bond donors (Lipinski definition) is 1. The molecule has 1 aromatic heterocycles. The lowest BCUT2D eigenvalue weighted by Crippen LogP contribution is -2.48. The second-order valence-electron chi connectivity index (χ2n) is 6.31. The molecule has 0 bridgehead atoms. The molecule has 2 aromatic rings. The standard InChI is InChI=1S/C19H19ClN4O3/c1-13-8-16(20)2-3-17(13)22-18(26)14-9-15(11-21-10-14)19(27)24-6-4-23(12-25)5-7-24/h2-3,8-12H,4-7H2,1H3,(H,22,26). The number of anilines is 1. The molecular formula is C19H19ClN4O3. The van der Waals surface area contributed by atoms with Gasteiger partial charge in [-0.05, 0) is 36.8 Å². The van der Waals surface area contributed by atoms with Crippen LogP contribution in [0.2, 0.25) is 5.02 Å². The number of amides is 3. The third-order valence-corrected chi connectivity index (χ3v) is 4.67. The van der Waals surface area contributed by atoms with Crippen LogP contribution in [0, 0.1) is 6.92 Å². The van der Waals surface area contributed by atoms with E-state index in [1.54, 1.807) is 28.0 Å². The first kappa shape index (κ1) is 18.8. The summed E-state index contributed by atoms with van der Waals surface area (Å²) in [4.78, 5) is 43.3.